The molecule has 1 aromatic carbocycles. The molecule has 2 rings (SSSR count). The van der Waals surface area contributed by atoms with Gasteiger partial charge in [0.25, 0.3) is 0 Å². The van der Waals surface area contributed by atoms with Crippen molar-refractivity contribution in [1.82, 2.24) is 0 Å². The fourth-order valence-electron chi connectivity index (χ4n) is 1.80. The summed E-state index contributed by atoms with van der Waals surface area (Å²) in [5.41, 5.74) is 5.62. The van der Waals surface area contributed by atoms with Crippen LogP contribution in [0, 0.1) is 5.82 Å². The van der Waals surface area contributed by atoms with Crippen molar-refractivity contribution in [3.8, 4) is 0 Å². The first-order chi connectivity index (χ1) is 6.62. The first-order valence-corrected chi connectivity index (χ1v) is 4.80. The maximum Gasteiger partial charge on any atom is 0.143 e. The van der Waals surface area contributed by atoms with Crippen molar-refractivity contribution in [2.75, 3.05) is 0 Å². The summed E-state index contributed by atoms with van der Waals surface area (Å²) in [5, 5.41) is 0. The number of nitrogens with two attached hydrogens (primary N) is 1. The van der Waals surface area contributed by atoms with Gasteiger partial charge in [0.05, 0.1) is 5.54 Å². The summed E-state index contributed by atoms with van der Waals surface area (Å²) in [6.07, 6.45) is 1.24. The first-order valence-electron chi connectivity index (χ1n) is 4.80. The lowest BCUT2D eigenvalue weighted by Crippen LogP contribution is -2.50. The van der Waals surface area contributed by atoms with Gasteiger partial charge in [0.2, 0.25) is 0 Å². The molecule has 1 fully saturated rings. The average Bonchev–Trinajstić information content (AvgIpc) is 2.14. The summed E-state index contributed by atoms with van der Waals surface area (Å²) in [6.45, 7) is 0. The molecule has 1 aliphatic carbocycles. The van der Waals surface area contributed by atoms with E-state index in [0.717, 1.165) is 6.42 Å². The third-order valence-corrected chi connectivity index (χ3v) is 2.95. The van der Waals surface area contributed by atoms with Crippen molar-refractivity contribution in [2.24, 2.45) is 5.73 Å². The van der Waals surface area contributed by atoms with E-state index in [2.05, 4.69) is 0 Å². The molecule has 0 aliphatic heterocycles. The van der Waals surface area contributed by atoms with Gasteiger partial charge in [-0.05, 0) is 37.0 Å². The Morgan fingerprint density at radius 2 is 1.79 bits per heavy atom. The number of halogens is 2. The van der Waals surface area contributed by atoms with Crippen LogP contribution < -0.4 is 5.73 Å². The average molecular weight is 197 g/mol. The number of hydrogen-bond donors (Lipinski definition) is 1. The minimum absolute atomic E-state index is 0.347. The lowest BCUT2D eigenvalue weighted by Gasteiger charge is -2.40. The molecule has 1 saturated carbocycles. The van der Waals surface area contributed by atoms with Crippen LogP contribution in [0.5, 0.6) is 0 Å². The molecule has 1 aliphatic rings. The Hall–Kier alpha value is -0.960. The van der Waals surface area contributed by atoms with Crippen LogP contribution in [0.15, 0.2) is 24.3 Å². The van der Waals surface area contributed by atoms with E-state index >= 15 is 0 Å². The van der Waals surface area contributed by atoms with E-state index in [9.17, 15) is 8.78 Å². The minimum Gasteiger partial charge on any atom is -0.322 e. The van der Waals surface area contributed by atoms with Crippen LogP contribution in [0.3, 0.4) is 0 Å². The molecule has 0 bridgehead atoms. The largest absolute Gasteiger partial charge is 0.322 e. The van der Waals surface area contributed by atoms with Gasteiger partial charge in [-0.3, -0.25) is 0 Å². The molecule has 1 atom stereocenters. The van der Waals surface area contributed by atoms with E-state index in [1.165, 1.54) is 24.3 Å². The highest BCUT2D eigenvalue weighted by molar-refractivity contribution is 5.23. The molecule has 0 aromatic heterocycles. The molecule has 0 heterocycles. The standard InChI is InChI=1S/C11H13F2N/c12-9-4-2-8(3-5-9)10(13)11(14)6-1-7-11/h2-5,10H,1,6-7,14H2. The van der Waals surface area contributed by atoms with Crippen molar-refractivity contribution >= 4 is 0 Å². The second-order valence-corrected chi connectivity index (χ2v) is 4.00. The minimum atomic E-state index is -1.17. The van der Waals surface area contributed by atoms with Crippen molar-refractivity contribution in [3.05, 3.63) is 35.6 Å². The molecular weight excluding hydrogens is 184 g/mol. The maximum absolute atomic E-state index is 13.8. The SMILES string of the molecule is NC1(C(F)c2ccc(F)cc2)CCC1. The first kappa shape index (κ1) is 9.59. The van der Waals surface area contributed by atoms with E-state index in [0.29, 0.717) is 18.4 Å². The molecular formula is C11H13F2N. The van der Waals surface area contributed by atoms with Crippen molar-refractivity contribution < 1.29 is 8.78 Å². The van der Waals surface area contributed by atoms with E-state index in [1.807, 2.05) is 0 Å². The second kappa shape index (κ2) is 3.31. The van der Waals surface area contributed by atoms with Crippen LogP contribution in [0.2, 0.25) is 0 Å². The van der Waals surface area contributed by atoms with Crippen LogP contribution in [0.4, 0.5) is 8.78 Å². The monoisotopic (exact) mass is 197 g/mol. The Morgan fingerprint density at radius 3 is 2.21 bits per heavy atom. The predicted molar refractivity (Wildman–Crippen MR) is 51.0 cm³/mol. The molecule has 2 N–H and O–H groups in total. The summed E-state index contributed by atoms with van der Waals surface area (Å²) in [6, 6.07) is 5.47. The fraction of sp³-hybridized carbons (Fsp3) is 0.455. The predicted octanol–water partition coefficient (Wildman–Crippen LogP) is 2.72. The smallest absolute Gasteiger partial charge is 0.143 e. The lowest BCUT2D eigenvalue weighted by atomic mass is 9.72. The highest BCUT2D eigenvalue weighted by Crippen LogP contribution is 2.42. The molecule has 0 spiro atoms. The van der Waals surface area contributed by atoms with Gasteiger partial charge in [-0.15, -0.1) is 0 Å². The molecule has 1 nitrogen and oxygen atoms in total. The number of rotatable bonds is 2. The molecule has 14 heavy (non-hydrogen) atoms. The Kier molecular flexibility index (Phi) is 2.27. The quantitative estimate of drug-likeness (QED) is 0.775. The molecule has 3 heteroatoms. The second-order valence-electron chi connectivity index (χ2n) is 4.00. The molecule has 0 radical (unpaired) electrons. The summed E-state index contributed by atoms with van der Waals surface area (Å²) in [7, 11) is 0. The van der Waals surface area contributed by atoms with Crippen molar-refractivity contribution in [3.63, 3.8) is 0 Å². The van der Waals surface area contributed by atoms with E-state index in [-0.39, 0.29) is 5.82 Å². The molecule has 1 aromatic rings. The lowest BCUT2D eigenvalue weighted by molar-refractivity contribution is 0.108. The summed E-state index contributed by atoms with van der Waals surface area (Å²) < 4.78 is 26.4. The Balaban J connectivity index is 2.18. The topological polar surface area (TPSA) is 26.0 Å². The number of hydrogen-bond acceptors (Lipinski definition) is 1. The van der Waals surface area contributed by atoms with Gasteiger partial charge in [0, 0.05) is 0 Å². The molecule has 0 amide bonds. The van der Waals surface area contributed by atoms with E-state index in [1.54, 1.807) is 0 Å². The Labute approximate surface area is 81.9 Å². The summed E-state index contributed by atoms with van der Waals surface area (Å²) in [4.78, 5) is 0. The van der Waals surface area contributed by atoms with Crippen LogP contribution in [0.25, 0.3) is 0 Å². The third kappa shape index (κ3) is 1.52. The number of benzene rings is 1. The normalized spacial score (nSPS) is 21.4. The van der Waals surface area contributed by atoms with Gasteiger partial charge in [-0.25, -0.2) is 8.78 Å². The summed E-state index contributed by atoms with van der Waals surface area (Å²) >= 11 is 0. The van der Waals surface area contributed by atoms with Crippen LogP contribution in [-0.2, 0) is 0 Å². The highest BCUT2D eigenvalue weighted by Gasteiger charge is 2.41. The van der Waals surface area contributed by atoms with Crippen LogP contribution in [0.1, 0.15) is 31.0 Å². The number of alkyl halides is 1. The van der Waals surface area contributed by atoms with Gasteiger partial charge in [0.15, 0.2) is 0 Å². The van der Waals surface area contributed by atoms with Crippen LogP contribution in [-0.4, -0.2) is 5.54 Å². The van der Waals surface area contributed by atoms with E-state index in [4.69, 9.17) is 5.73 Å². The highest BCUT2D eigenvalue weighted by atomic mass is 19.1. The third-order valence-electron chi connectivity index (χ3n) is 2.95. The van der Waals surface area contributed by atoms with Gasteiger partial charge in [-0.2, -0.15) is 0 Å². The fourth-order valence-corrected chi connectivity index (χ4v) is 1.80. The maximum atomic E-state index is 13.8. The van der Waals surface area contributed by atoms with Crippen LogP contribution >= 0.6 is 0 Å². The zero-order valence-electron chi connectivity index (χ0n) is 7.84. The van der Waals surface area contributed by atoms with Gasteiger partial charge in [0.1, 0.15) is 12.0 Å². The Bertz CT molecular complexity index is 317. The zero-order valence-corrected chi connectivity index (χ0v) is 7.84. The Morgan fingerprint density at radius 1 is 1.21 bits per heavy atom. The van der Waals surface area contributed by atoms with Crippen molar-refractivity contribution in [1.29, 1.82) is 0 Å². The van der Waals surface area contributed by atoms with Gasteiger partial charge in [-0.1, -0.05) is 12.1 Å². The van der Waals surface area contributed by atoms with E-state index < -0.39 is 11.7 Å². The molecule has 76 valence electrons. The molecule has 0 saturated heterocycles. The van der Waals surface area contributed by atoms with Gasteiger partial charge < -0.3 is 5.73 Å². The van der Waals surface area contributed by atoms with Gasteiger partial charge >= 0.3 is 0 Å². The zero-order chi connectivity index (χ0) is 10.2. The molecule has 1 unspecified atom stereocenters. The van der Waals surface area contributed by atoms with Crippen molar-refractivity contribution in [2.45, 2.75) is 31.0 Å². The summed E-state index contributed by atoms with van der Waals surface area (Å²) in [5.74, 6) is -0.347.